The second-order valence-corrected chi connectivity index (χ2v) is 8.90. The van der Waals surface area contributed by atoms with Crippen LogP contribution in [0.1, 0.15) is 28.6 Å². The maximum absolute atomic E-state index is 15.0. The summed E-state index contributed by atoms with van der Waals surface area (Å²) in [5.74, 6) is -2.50. The zero-order valence-corrected chi connectivity index (χ0v) is 19.7. The van der Waals surface area contributed by atoms with Gasteiger partial charge in [-0.3, -0.25) is 18.9 Å². The molecule has 0 spiro atoms. The van der Waals surface area contributed by atoms with Crippen LogP contribution in [0.15, 0.2) is 48.2 Å². The standard InChI is InChI=1S/C26H27FN4O4/c1-16-6-5-9-30-21(17(2)28-25(16)30)23(32)20-22(18-7-3-4-8-19(18)27)31(26(34)24(20)33)11-10-29-12-14-35-15-13-29/h3-9,22,32H,10-15H2,1-2H3/t22-/m0/s1. The van der Waals surface area contributed by atoms with Gasteiger partial charge in [0.15, 0.2) is 5.76 Å². The second kappa shape index (κ2) is 9.24. The van der Waals surface area contributed by atoms with E-state index >= 15 is 4.39 Å². The number of fused-ring (bicyclic) bond motifs is 1. The highest BCUT2D eigenvalue weighted by Crippen LogP contribution is 2.40. The molecule has 35 heavy (non-hydrogen) atoms. The molecule has 0 saturated carbocycles. The van der Waals surface area contributed by atoms with Crippen molar-refractivity contribution in [1.29, 1.82) is 0 Å². The molecule has 1 aromatic carbocycles. The molecule has 0 aliphatic carbocycles. The molecule has 2 aliphatic heterocycles. The summed E-state index contributed by atoms with van der Waals surface area (Å²) in [4.78, 5) is 34.6. The van der Waals surface area contributed by atoms with E-state index < -0.39 is 23.5 Å². The van der Waals surface area contributed by atoms with Gasteiger partial charge in [-0.15, -0.1) is 0 Å². The first-order chi connectivity index (χ1) is 16.9. The maximum Gasteiger partial charge on any atom is 0.295 e. The molecule has 0 bridgehead atoms. The minimum absolute atomic E-state index is 0.131. The molecule has 0 unspecified atom stereocenters. The fraction of sp³-hybridized carbons (Fsp3) is 0.346. The average Bonchev–Trinajstić information content (AvgIpc) is 3.32. The van der Waals surface area contributed by atoms with Gasteiger partial charge in [-0.05, 0) is 31.5 Å². The molecular weight excluding hydrogens is 451 g/mol. The molecule has 2 saturated heterocycles. The Labute approximate surface area is 202 Å². The predicted octanol–water partition coefficient (Wildman–Crippen LogP) is 2.84. The van der Waals surface area contributed by atoms with Gasteiger partial charge in [0.1, 0.15) is 17.2 Å². The van der Waals surface area contributed by atoms with Gasteiger partial charge in [-0.25, -0.2) is 9.37 Å². The summed E-state index contributed by atoms with van der Waals surface area (Å²) in [5.41, 5.74) is 2.38. The molecular formula is C26H27FN4O4. The highest BCUT2D eigenvalue weighted by Gasteiger charge is 2.47. The Hall–Kier alpha value is -3.56. The van der Waals surface area contributed by atoms with Crippen molar-refractivity contribution in [3.63, 3.8) is 0 Å². The van der Waals surface area contributed by atoms with Gasteiger partial charge in [-0.1, -0.05) is 24.3 Å². The Balaban J connectivity index is 1.64. The van der Waals surface area contributed by atoms with Crippen LogP contribution in [0, 0.1) is 19.7 Å². The van der Waals surface area contributed by atoms with E-state index in [0.29, 0.717) is 49.9 Å². The summed E-state index contributed by atoms with van der Waals surface area (Å²) in [6.07, 6.45) is 1.74. The van der Waals surface area contributed by atoms with Crippen LogP contribution in [0.5, 0.6) is 0 Å². The van der Waals surface area contributed by atoms with Crippen molar-refractivity contribution in [3.8, 4) is 0 Å². The maximum atomic E-state index is 15.0. The van der Waals surface area contributed by atoms with E-state index in [1.807, 2.05) is 19.1 Å². The molecule has 2 aromatic heterocycles. The van der Waals surface area contributed by atoms with Gasteiger partial charge in [0.05, 0.1) is 30.5 Å². The number of rotatable bonds is 5. The van der Waals surface area contributed by atoms with E-state index in [2.05, 4.69) is 9.88 Å². The Morgan fingerprint density at radius 1 is 1.11 bits per heavy atom. The van der Waals surface area contributed by atoms with Crippen LogP contribution in [0.4, 0.5) is 4.39 Å². The number of nitrogens with zero attached hydrogens (tertiary/aromatic N) is 4. The van der Waals surface area contributed by atoms with Crippen LogP contribution < -0.4 is 0 Å². The number of aromatic nitrogens is 2. The molecule has 8 nitrogen and oxygen atoms in total. The van der Waals surface area contributed by atoms with Gasteiger partial charge >= 0.3 is 0 Å². The third-order valence-electron chi connectivity index (χ3n) is 6.74. The molecule has 1 atom stereocenters. The van der Waals surface area contributed by atoms with E-state index in [-0.39, 0.29) is 23.4 Å². The largest absolute Gasteiger partial charge is 0.505 e. The number of hydrogen-bond donors (Lipinski definition) is 1. The number of aliphatic hydroxyl groups is 1. The summed E-state index contributed by atoms with van der Waals surface area (Å²) in [7, 11) is 0. The third-order valence-corrected chi connectivity index (χ3v) is 6.74. The molecule has 2 aliphatic rings. The number of likely N-dealkylation sites (tertiary alicyclic amines) is 1. The van der Waals surface area contributed by atoms with E-state index in [4.69, 9.17) is 4.74 Å². The number of carbonyl (C=O) groups is 2. The Morgan fingerprint density at radius 3 is 2.60 bits per heavy atom. The fourth-order valence-corrected chi connectivity index (χ4v) is 4.93. The first-order valence-corrected chi connectivity index (χ1v) is 11.7. The number of hydrogen-bond acceptors (Lipinski definition) is 6. The lowest BCUT2D eigenvalue weighted by Gasteiger charge is -2.31. The van der Waals surface area contributed by atoms with Gasteiger partial charge in [0, 0.05) is 37.9 Å². The SMILES string of the molecule is Cc1nc2c(C)cccn2c1C(O)=C1C(=O)C(=O)N(CCN2CCOCC2)[C@H]1c1ccccc1F. The number of benzene rings is 1. The number of Topliss-reactive ketones (excluding diaryl/α,β-unsaturated/α-hetero) is 1. The molecule has 3 aromatic rings. The van der Waals surface area contributed by atoms with Crippen molar-refractivity contribution in [3.05, 3.63) is 76.5 Å². The number of imidazole rings is 1. The monoisotopic (exact) mass is 478 g/mol. The molecule has 182 valence electrons. The minimum Gasteiger partial charge on any atom is -0.505 e. The fourth-order valence-electron chi connectivity index (χ4n) is 4.93. The van der Waals surface area contributed by atoms with Crippen molar-refractivity contribution in [1.82, 2.24) is 19.2 Å². The predicted molar refractivity (Wildman–Crippen MR) is 127 cm³/mol. The van der Waals surface area contributed by atoms with Crippen LogP contribution >= 0.6 is 0 Å². The number of aliphatic hydroxyl groups excluding tert-OH is 1. The van der Waals surface area contributed by atoms with Gasteiger partial charge < -0.3 is 14.7 Å². The number of morpholine rings is 1. The zero-order chi connectivity index (χ0) is 24.7. The highest BCUT2D eigenvalue weighted by molar-refractivity contribution is 6.46. The normalized spacial score (nSPS) is 20.8. The topological polar surface area (TPSA) is 87.4 Å². The Kier molecular flexibility index (Phi) is 6.12. The number of ketones is 1. The van der Waals surface area contributed by atoms with E-state index in [1.165, 1.54) is 11.0 Å². The molecule has 9 heteroatoms. The molecule has 1 amide bonds. The summed E-state index contributed by atoms with van der Waals surface area (Å²) in [6, 6.07) is 8.71. The number of pyridine rings is 1. The zero-order valence-electron chi connectivity index (χ0n) is 19.7. The van der Waals surface area contributed by atoms with Crippen molar-refractivity contribution in [2.45, 2.75) is 19.9 Å². The number of carbonyl (C=O) groups excluding carboxylic acids is 2. The van der Waals surface area contributed by atoms with Crippen molar-refractivity contribution >= 4 is 23.1 Å². The van der Waals surface area contributed by atoms with Crippen LogP contribution in [-0.4, -0.2) is 75.4 Å². The van der Waals surface area contributed by atoms with E-state index in [1.54, 1.807) is 35.7 Å². The van der Waals surface area contributed by atoms with Gasteiger partial charge in [-0.2, -0.15) is 0 Å². The number of aryl methyl sites for hydroxylation is 2. The first kappa shape index (κ1) is 23.2. The van der Waals surface area contributed by atoms with Gasteiger partial charge in [0.2, 0.25) is 0 Å². The lowest BCUT2D eigenvalue weighted by molar-refractivity contribution is -0.140. The summed E-state index contributed by atoms with van der Waals surface area (Å²) < 4.78 is 22.1. The lowest BCUT2D eigenvalue weighted by atomic mass is 9.96. The molecule has 5 rings (SSSR count). The number of halogens is 1. The van der Waals surface area contributed by atoms with Gasteiger partial charge in [0.25, 0.3) is 11.7 Å². The first-order valence-electron chi connectivity index (χ1n) is 11.7. The Morgan fingerprint density at radius 2 is 1.86 bits per heavy atom. The van der Waals surface area contributed by atoms with Crippen LogP contribution in [0.3, 0.4) is 0 Å². The summed E-state index contributed by atoms with van der Waals surface area (Å²) in [5, 5.41) is 11.5. The lowest BCUT2D eigenvalue weighted by Crippen LogP contribution is -2.42. The average molecular weight is 479 g/mol. The molecule has 4 heterocycles. The molecule has 2 fully saturated rings. The summed E-state index contributed by atoms with van der Waals surface area (Å²) in [6.45, 7) is 6.98. The number of ether oxygens (including phenoxy) is 1. The molecule has 0 radical (unpaired) electrons. The minimum atomic E-state index is -1.05. The van der Waals surface area contributed by atoms with E-state index in [0.717, 1.165) is 5.56 Å². The quantitative estimate of drug-likeness (QED) is 0.345. The van der Waals surface area contributed by atoms with Crippen molar-refractivity contribution < 1.29 is 23.8 Å². The van der Waals surface area contributed by atoms with Crippen molar-refractivity contribution in [2.75, 3.05) is 39.4 Å². The van der Waals surface area contributed by atoms with E-state index in [9.17, 15) is 14.7 Å². The number of amides is 1. The van der Waals surface area contributed by atoms with Crippen LogP contribution in [-0.2, 0) is 14.3 Å². The smallest absolute Gasteiger partial charge is 0.295 e. The third kappa shape index (κ3) is 4.00. The van der Waals surface area contributed by atoms with Crippen LogP contribution in [0.2, 0.25) is 0 Å². The molecule has 1 N–H and O–H groups in total. The van der Waals surface area contributed by atoms with Crippen LogP contribution in [0.25, 0.3) is 11.4 Å². The second-order valence-electron chi connectivity index (χ2n) is 8.90. The van der Waals surface area contributed by atoms with Crippen molar-refractivity contribution in [2.24, 2.45) is 0 Å². The summed E-state index contributed by atoms with van der Waals surface area (Å²) >= 11 is 0. The Bertz CT molecular complexity index is 1340. The highest BCUT2D eigenvalue weighted by atomic mass is 19.1.